The fraction of sp³-hybridized carbons (Fsp3) is 0.652. The number of para-hydroxylation sites is 1. The van der Waals surface area contributed by atoms with E-state index in [-0.39, 0.29) is 18.2 Å². The van der Waals surface area contributed by atoms with Crippen molar-refractivity contribution in [2.45, 2.75) is 64.8 Å². The Hall–Kier alpha value is -1.73. The Kier molecular flexibility index (Phi) is 5.67. The van der Waals surface area contributed by atoms with E-state index in [0.717, 1.165) is 42.2 Å². The van der Waals surface area contributed by atoms with Crippen LogP contribution in [0.15, 0.2) is 24.3 Å². The number of halogens is 1. The van der Waals surface area contributed by atoms with Gasteiger partial charge in [0.05, 0.1) is 6.67 Å². The molecule has 3 aliphatic rings. The van der Waals surface area contributed by atoms with Crippen LogP contribution in [-0.2, 0) is 13.3 Å². The lowest BCUT2D eigenvalue weighted by Crippen LogP contribution is -2.25. The fourth-order valence-corrected chi connectivity index (χ4v) is 6.33. The van der Waals surface area contributed by atoms with Gasteiger partial charge in [-0.15, -0.1) is 0 Å². The molecule has 0 unspecified atom stereocenters. The smallest absolute Gasteiger partial charge is 0.199 e. The van der Waals surface area contributed by atoms with E-state index in [2.05, 4.69) is 16.4 Å². The number of nitrogens with zero attached hydrogens (tertiary/aromatic N) is 4. The standard InChI is InChI=1S/C23H31FN4OS/c1-16(19-13-17-8-9-18(19)12-17)28-22(14-29-21-7-3-2-6-20(21)24)25-27(23(28)30)15-26-10-4-5-11-26/h2-3,6-7,16-19H,4-5,8-15H2,1H3/t16-,17-,18-,19-/m0/s1. The zero-order valence-electron chi connectivity index (χ0n) is 17.7. The summed E-state index contributed by atoms with van der Waals surface area (Å²) in [6.45, 7) is 5.43. The van der Waals surface area contributed by atoms with Gasteiger partial charge in [0.2, 0.25) is 0 Å². The lowest BCUT2D eigenvalue weighted by Gasteiger charge is -2.29. The van der Waals surface area contributed by atoms with E-state index in [1.807, 2.05) is 4.68 Å². The maximum Gasteiger partial charge on any atom is 0.199 e. The molecule has 2 aromatic rings. The molecule has 0 spiro atoms. The van der Waals surface area contributed by atoms with Crippen LogP contribution in [0.3, 0.4) is 0 Å². The number of aromatic nitrogens is 3. The largest absolute Gasteiger partial charge is 0.483 e. The molecule has 0 N–H and O–H groups in total. The highest BCUT2D eigenvalue weighted by Crippen LogP contribution is 2.52. The van der Waals surface area contributed by atoms with E-state index in [1.54, 1.807) is 18.2 Å². The van der Waals surface area contributed by atoms with Gasteiger partial charge in [-0.1, -0.05) is 18.6 Å². The summed E-state index contributed by atoms with van der Waals surface area (Å²) in [7, 11) is 0. The summed E-state index contributed by atoms with van der Waals surface area (Å²) in [4.78, 5) is 2.40. The second kappa shape index (κ2) is 8.42. The van der Waals surface area contributed by atoms with Gasteiger partial charge in [0, 0.05) is 6.04 Å². The van der Waals surface area contributed by atoms with Crippen molar-refractivity contribution in [1.29, 1.82) is 0 Å². The number of benzene rings is 1. The first-order chi connectivity index (χ1) is 14.6. The van der Waals surface area contributed by atoms with Gasteiger partial charge >= 0.3 is 0 Å². The van der Waals surface area contributed by atoms with Gasteiger partial charge in [-0.2, -0.15) is 5.10 Å². The Morgan fingerprint density at radius 3 is 2.70 bits per heavy atom. The molecule has 0 radical (unpaired) electrons. The Bertz CT molecular complexity index is 951. The van der Waals surface area contributed by atoms with Gasteiger partial charge in [-0.3, -0.25) is 9.47 Å². The average molecular weight is 431 g/mol. The Balaban J connectivity index is 1.42. The van der Waals surface area contributed by atoms with Gasteiger partial charge in [0.1, 0.15) is 6.61 Å². The van der Waals surface area contributed by atoms with E-state index in [9.17, 15) is 4.39 Å². The second-order valence-corrected chi connectivity index (χ2v) is 9.70. The van der Waals surface area contributed by atoms with Crippen LogP contribution in [0.1, 0.15) is 57.3 Å². The van der Waals surface area contributed by atoms with Gasteiger partial charge in [0.25, 0.3) is 0 Å². The summed E-state index contributed by atoms with van der Waals surface area (Å²) in [5.74, 6) is 3.05. The molecule has 162 valence electrons. The molecule has 1 aromatic heterocycles. The van der Waals surface area contributed by atoms with Gasteiger partial charge in [-0.25, -0.2) is 9.07 Å². The van der Waals surface area contributed by atoms with Crippen molar-refractivity contribution in [3.63, 3.8) is 0 Å². The molecule has 2 saturated carbocycles. The molecule has 5 rings (SSSR count). The number of fused-ring (bicyclic) bond motifs is 2. The predicted molar refractivity (Wildman–Crippen MR) is 116 cm³/mol. The Morgan fingerprint density at radius 2 is 2.00 bits per heavy atom. The van der Waals surface area contributed by atoms with E-state index in [0.29, 0.717) is 12.0 Å². The maximum absolute atomic E-state index is 14.1. The molecular formula is C23H31FN4OS. The van der Waals surface area contributed by atoms with Crippen molar-refractivity contribution in [3.05, 3.63) is 40.7 Å². The summed E-state index contributed by atoms with van der Waals surface area (Å²) in [6, 6.07) is 6.83. The number of hydrogen-bond acceptors (Lipinski definition) is 4. The highest BCUT2D eigenvalue weighted by Gasteiger charge is 2.43. The van der Waals surface area contributed by atoms with Crippen molar-refractivity contribution >= 4 is 12.2 Å². The molecular weight excluding hydrogens is 399 g/mol. The van der Waals surface area contributed by atoms with Crippen molar-refractivity contribution < 1.29 is 9.13 Å². The average Bonchev–Trinajstić information content (AvgIpc) is 3.53. The first kappa shape index (κ1) is 20.2. The van der Waals surface area contributed by atoms with Gasteiger partial charge in [-0.05, 0) is 94.2 Å². The van der Waals surface area contributed by atoms with E-state index in [1.165, 1.54) is 44.6 Å². The van der Waals surface area contributed by atoms with Crippen LogP contribution >= 0.6 is 12.2 Å². The lowest BCUT2D eigenvalue weighted by atomic mass is 9.84. The molecule has 5 nitrogen and oxygen atoms in total. The summed E-state index contributed by atoms with van der Waals surface area (Å²) in [6.07, 6.45) is 7.86. The lowest BCUT2D eigenvalue weighted by molar-refractivity contribution is 0.221. The van der Waals surface area contributed by atoms with Crippen molar-refractivity contribution in [2.24, 2.45) is 17.8 Å². The van der Waals surface area contributed by atoms with E-state index in [4.69, 9.17) is 22.1 Å². The monoisotopic (exact) mass is 430 g/mol. The zero-order valence-corrected chi connectivity index (χ0v) is 18.5. The minimum atomic E-state index is -0.347. The molecule has 1 saturated heterocycles. The van der Waals surface area contributed by atoms with Crippen LogP contribution in [0.2, 0.25) is 0 Å². The number of rotatable bonds is 7. The molecule has 2 bridgehead atoms. The SMILES string of the molecule is C[C@@H]([C@@H]1C[C@H]2CC[C@H]1C2)n1c(COc2ccccc2F)nn(CN2CCCC2)c1=S. The van der Waals surface area contributed by atoms with E-state index < -0.39 is 0 Å². The first-order valence-corrected chi connectivity index (χ1v) is 11.8. The number of likely N-dealkylation sites (tertiary alicyclic amines) is 1. The molecule has 7 heteroatoms. The summed E-state index contributed by atoms with van der Waals surface area (Å²) in [5, 5.41) is 4.86. The molecule has 4 atom stereocenters. The normalized spacial score (nSPS) is 27.1. The third-order valence-corrected chi connectivity index (χ3v) is 7.89. The highest BCUT2D eigenvalue weighted by molar-refractivity contribution is 7.71. The van der Waals surface area contributed by atoms with Crippen LogP contribution < -0.4 is 4.74 Å². The third-order valence-electron chi connectivity index (χ3n) is 7.49. The van der Waals surface area contributed by atoms with Gasteiger partial charge in [0.15, 0.2) is 22.2 Å². The second-order valence-electron chi connectivity index (χ2n) is 9.33. The van der Waals surface area contributed by atoms with Crippen molar-refractivity contribution in [2.75, 3.05) is 13.1 Å². The third kappa shape index (κ3) is 3.82. The quantitative estimate of drug-likeness (QED) is 0.567. The van der Waals surface area contributed by atoms with Crippen molar-refractivity contribution in [3.8, 4) is 5.75 Å². The zero-order chi connectivity index (χ0) is 20.7. The van der Waals surface area contributed by atoms with Crippen LogP contribution in [0.4, 0.5) is 4.39 Å². The summed E-state index contributed by atoms with van der Waals surface area (Å²) >= 11 is 5.91. The maximum atomic E-state index is 14.1. The molecule has 3 fully saturated rings. The predicted octanol–water partition coefficient (Wildman–Crippen LogP) is 5.18. The van der Waals surface area contributed by atoms with Crippen LogP contribution in [0.5, 0.6) is 5.75 Å². The molecule has 0 amide bonds. The first-order valence-electron chi connectivity index (χ1n) is 11.4. The summed E-state index contributed by atoms with van der Waals surface area (Å²) < 4.78 is 24.8. The van der Waals surface area contributed by atoms with Crippen LogP contribution in [-0.4, -0.2) is 32.3 Å². The van der Waals surface area contributed by atoms with Crippen LogP contribution in [0.25, 0.3) is 0 Å². The molecule has 1 aliphatic heterocycles. The highest BCUT2D eigenvalue weighted by atomic mass is 32.1. The molecule has 30 heavy (non-hydrogen) atoms. The van der Waals surface area contributed by atoms with Gasteiger partial charge < -0.3 is 4.74 Å². The fourth-order valence-electron chi connectivity index (χ4n) is 5.96. The Labute approximate surface area is 182 Å². The minimum absolute atomic E-state index is 0.225. The molecule has 2 heterocycles. The van der Waals surface area contributed by atoms with Crippen LogP contribution in [0, 0.1) is 28.3 Å². The van der Waals surface area contributed by atoms with E-state index >= 15 is 0 Å². The topological polar surface area (TPSA) is 35.2 Å². The summed E-state index contributed by atoms with van der Waals surface area (Å²) in [5.41, 5.74) is 0. The number of hydrogen-bond donors (Lipinski definition) is 0. The number of ether oxygens (including phenoxy) is 1. The van der Waals surface area contributed by atoms with Crippen molar-refractivity contribution in [1.82, 2.24) is 19.2 Å². The Morgan fingerprint density at radius 1 is 1.20 bits per heavy atom. The molecule has 1 aromatic carbocycles. The molecule has 2 aliphatic carbocycles. The minimum Gasteiger partial charge on any atom is -0.483 e.